The lowest BCUT2D eigenvalue weighted by Crippen LogP contribution is -2.46. The lowest BCUT2D eigenvalue weighted by molar-refractivity contribution is 0.830. The molecule has 0 amide bonds. The van der Waals surface area contributed by atoms with Gasteiger partial charge in [-0.1, -0.05) is 24.3 Å². The summed E-state index contributed by atoms with van der Waals surface area (Å²) in [6, 6.07) is 8.23. The summed E-state index contributed by atoms with van der Waals surface area (Å²) in [5.74, 6) is 0.837. The summed E-state index contributed by atoms with van der Waals surface area (Å²) in [6.07, 6.45) is 4.54. The molecule has 0 aromatic heterocycles. The fourth-order valence-electron chi connectivity index (χ4n) is 1.56. The molecule has 0 atom stereocenters. The molecule has 1 aromatic carbocycles. The molecule has 88 valence electrons. The minimum absolute atomic E-state index is 0.536. The van der Waals surface area contributed by atoms with Gasteiger partial charge in [0.2, 0.25) is 0 Å². The number of aliphatic imine (C=N–C) groups is 1. The van der Waals surface area contributed by atoms with Gasteiger partial charge in [-0.05, 0) is 29.4 Å². The first kappa shape index (κ1) is 11.6. The van der Waals surface area contributed by atoms with Crippen molar-refractivity contribution in [1.82, 2.24) is 16.2 Å². The van der Waals surface area contributed by atoms with E-state index in [-0.39, 0.29) is 0 Å². The second-order valence-electron chi connectivity index (χ2n) is 3.60. The van der Waals surface area contributed by atoms with Crippen molar-refractivity contribution in [3.05, 3.63) is 41.6 Å². The third kappa shape index (κ3) is 3.04. The maximum atomic E-state index is 4.98. The molecule has 5 heteroatoms. The first-order valence-corrected chi connectivity index (χ1v) is 5.75. The highest BCUT2D eigenvalue weighted by atomic mass is 32.1. The number of thiocarbonyl (C=S) groups is 1. The number of fused-ring (bicyclic) bond motifs is 1. The number of nitrogens with one attached hydrogen (secondary N) is 3. The summed E-state index contributed by atoms with van der Waals surface area (Å²) in [4.78, 5) is 4.32. The molecule has 0 bridgehead atoms. The Morgan fingerprint density at radius 3 is 3.00 bits per heavy atom. The quantitative estimate of drug-likeness (QED) is 0.476. The second-order valence-corrected chi connectivity index (χ2v) is 4.00. The summed E-state index contributed by atoms with van der Waals surface area (Å²) in [5, 5.41) is 3.36. The zero-order chi connectivity index (χ0) is 12.1. The molecule has 0 saturated heterocycles. The molecule has 1 heterocycles. The minimum Gasteiger partial charge on any atom is -0.364 e. The number of hydrogen-bond donors (Lipinski definition) is 3. The third-order valence-electron chi connectivity index (χ3n) is 2.44. The van der Waals surface area contributed by atoms with Crippen LogP contribution in [0.5, 0.6) is 0 Å². The van der Waals surface area contributed by atoms with Crippen molar-refractivity contribution in [2.45, 2.75) is 6.42 Å². The number of benzene rings is 1. The van der Waals surface area contributed by atoms with Crippen molar-refractivity contribution in [2.24, 2.45) is 4.99 Å². The highest BCUT2D eigenvalue weighted by Crippen LogP contribution is 2.14. The third-order valence-corrected chi connectivity index (χ3v) is 2.75. The maximum Gasteiger partial charge on any atom is 0.184 e. The van der Waals surface area contributed by atoms with E-state index in [4.69, 9.17) is 12.2 Å². The Labute approximate surface area is 106 Å². The Hall–Kier alpha value is -1.88. The van der Waals surface area contributed by atoms with Gasteiger partial charge in [-0.3, -0.25) is 10.9 Å². The number of hydrogen-bond acceptors (Lipinski definition) is 3. The molecule has 0 saturated carbocycles. The lowest BCUT2D eigenvalue weighted by Gasteiger charge is -2.12. The van der Waals surface area contributed by atoms with Gasteiger partial charge in [0.05, 0.1) is 0 Å². The zero-order valence-corrected chi connectivity index (χ0v) is 10.3. The molecular weight excluding hydrogens is 232 g/mol. The van der Waals surface area contributed by atoms with Crippen LogP contribution in [0.4, 0.5) is 0 Å². The molecule has 1 aromatic rings. The van der Waals surface area contributed by atoms with Crippen LogP contribution < -0.4 is 16.2 Å². The molecule has 17 heavy (non-hydrogen) atoms. The van der Waals surface area contributed by atoms with Gasteiger partial charge in [-0.25, -0.2) is 4.99 Å². The summed E-state index contributed by atoms with van der Waals surface area (Å²) < 4.78 is 0. The van der Waals surface area contributed by atoms with E-state index in [1.807, 2.05) is 18.2 Å². The summed E-state index contributed by atoms with van der Waals surface area (Å²) >= 11 is 4.98. The van der Waals surface area contributed by atoms with Crippen LogP contribution in [0.1, 0.15) is 11.1 Å². The summed E-state index contributed by atoms with van der Waals surface area (Å²) in [6.45, 7) is 0. The van der Waals surface area contributed by atoms with Gasteiger partial charge >= 0.3 is 0 Å². The lowest BCUT2D eigenvalue weighted by atomic mass is 10.0. The van der Waals surface area contributed by atoms with E-state index in [1.54, 1.807) is 13.2 Å². The maximum absolute atomic E-state index is 4.98. The van der Waals surface area contributed by atoms with Crippen LogP contribution in [-0.2, 0) is 6.42 Å². The first-order chi connectivity index (χ1) is 8.29. The van der Waals surface area contributed by atoms with E-state index < -0.39 is 0 Å². The van der Waals surface area contributed by atoms with Gasteiger partial charge in [0, 0.05) is 19.7 Å². The van der Waals surface area contributed by atoms with E-state index >= 15 is 0 Å². The van der Waals surface area contributed by atoms with Crippen molar-refractivity contribution in [2.75, 3.05) is 7.05 Å². The van der Waals surface area contributed by atoms with Crippen molar-refractivity contribution in [3.63, 3.8) is 0 Å². The van der Waals surface area contributed by atoms with Gasteiger partial charge in [-0.2, -0.15) is 0 Å². The Morgan fingerprint density at radius 2 is 2.18 bits per heavy atom. The van der Waals surface area contributed by atoms with Gasteiger partial charge in [0.15, 0.2) is 5.11 Å². The Kier molecular flexibility index (Phi) is 3.72. The van der Waals surface area contributed by atoms with E-state index in [0.29, 0.717) is 5.11 Å². The van der Waals surface area contributed by atoms with Crippen LogP contribution in [0.15, 0.2) is 35.5 Å². The number of rotatable bonds is 0. The van der Waals surface area contributed by atoms with E-state index in [1.165, 1.54) is 11.1 Å². The smallest absolute Gasteiger partial charge is 0.184 e. The van der Waals surface area contributed by atoms with Gasteiger partial charge in [0.25, 0.3) is 0 Å². The largest absolute Gasteiger partial charge is 0.364 e. The number of amidine groups is 1. The highest BCUT2D eigenvalue weighted by molar-refractivity contribution is 7.80. The minimum atomic E-state index is 0.536. The predicted octanol–water partition coefficient (Wildman–Crippen LogP) is 1.21. The van der Waals surface area contributed by atoms with Gasteiger partial charge in [-0.15, -0.1) is 0 Å². The standard InChI is InChI=1S/C12H14N4S/c1-13-12(17)16-15-11-8-10-5-3-2-4-9(10)6-7-14-11/h2-7H,8H2,1H3,(H,14,15)(H2,13,16,17). The topological polar surface area (TPSA) is 48.4 Å². The van der Waals surface area contributed by atoms with Crippen LogP contribution in [0, 0.1) is 0 Å². The monoisotopic (exact) mass is 246 g/mol. The van der Waals surface area contributed by atoms with Gasteiger partial charge < -0.3 is 5.32 Å². The Morgan fingerprint density at radius 1 is 1.35 bits per heavy atom. The molecule has 3 N–H and O–H groups in total. The molecule has 2 rings (SSSR count). The molecule has 0 radical (unpaired) electrons. The summed E-state index contributed by atoms with van der Waals surface area (Å²) in [5.41, 5.74) is 8.30. The van der Waals surface area contributed by atoms with Crippen molar-refractivity contribution in [3.8, 4) is 0 Å². The Balaban J connectivity index is 2.06. The predicted molar refractivity (Wildman–Crippen MR) is 74.5 cm³/mol. The molecule has 0 unspecified atom stereocenters. The average Bonchev–Trinajstić information content (AvgIpc) is 2.57. The molecule has 0 spiro atoms. The van der Waals surface area contributed by atoms with Gasteiger partial charge in [0.1, 0.15) is 5.84 Å². The second kappa shape index (κ2) is 5.45. The van der Waals surface area contributed by atoms with Crippen LogP contribution in [0.3, 0.4) is 0 Å². The van der Waals surface area contributed by atoms with E-state index in [0.717, 1.165) is 12.3 Å². The van der Waals surface area contributed by atoms with Crippen molar-refractivity contribution < 1.29 is 0 Å². The SMILES string of the molecule is CNC(=S)NNC1=NC=Cc2ccccc2C1. The van der Waals surface area contributed by atoms with E-state index in [2.05, 4.69) is 33.3 Å². The number of nitrogens with zero attached hydrogens (tertiary/aromatic N) is 1. The van der Waals surface area contributed by atoms with Crippen molar-refractivity contribution in [1.29, 1.82) is 0 Å². The van der Waals surface area contributed by atoms with Crippen LogP contribution in [0.25, 0.3) is 6.08 Å². The zero-order valence-electron chi connectivity index (χ0n) is 9.53. The fraction of sp³-hybridized carbons (Fsp3) is 0.167. The number of hydrazine groups is 1. The van der Waals surface area contributed by atoms with Crippen LogP contribution >= 0.6 is 12.2 Å². The average molecular weight is 246 g/mol. The molecule has 0 fully saturated rings. The van der Waals surface area contributed by atoms with E-state index in [9.17, 15) is 0 Å². The van der Waals surface area contributed by atoms with Crippen LogP contribution in [0.2, 0.25) is 0 Å². The summed E-state index contributed by atoms with van der Waals surface area (Å²) in [7, 11) is 1.76. The molecule has 1 aliphatic rings. The normalized spacial score (nSPS) is 13.1. The van der Waals surface area contributed by atoms with Crippen LogP contribution in [-0.4, -0.2) is 18.0 Å². The molecule has 4 nitrogen and oxygen atoms in total. The molecule has 0 aliphatic carbocycles. The first-order valence-electron chi connectivity index (χ1n) is 5.34. The highest BCUT2D eigenvalue weighted by Gasteiger charge is 2.06. The van der Waals surface area contributed by atoms with Crippen molar-refractivity contribution >= 4 is 29.2 Å². The molecular formula is C12H14N4S. The fourth-order valence-corrected chi connectivity index (χ4v) is 1.61. The molecule has 1 aliphatic heterocycles. The Bertz CT molecular complexity index is 479.